The van der Waals surface area contributed by atoms with Crippen molar-refractivity contribution in [1.29, 1.82) is 0 Å². The summed E-state index contributed by atoms with van der Waals surface area (Å²) in [6.07, 6.45) is 2.50. The fourth-order valence-corrected chi connectivity index (χ4v) is 2.76. The van der Waals surface area contributed by atoms with Gasteiger partial charge in [0.1, 0.15) is 13.2 Å². The summed E-state index contributed by atoms with van der Waals surface area (Å²) in [5.74, 6) is 2.50. The first kappa shape index (κ1) is 16.1. The number of aromatic nitrogens is 3. The maximum Gasteiger partial charge on any atom is 0.249 e. The molecule has 2 N–H and O–H groups in total. The molecule has 3 aromatic rings. The molecule has 2 heterocycles. The predicted octanol–water partition coefficient (Wildman–Crippen LogP) is 3.69. The standard InChI is InChI=1S/C19H19N5O2/c1-2-13-5-3-4-6-15(13)22-19-23-18(12-20-24-19)21-14-7-8-16-17(11-14)26-10-9-25-16/h3-8,11-12H,2,9-10H2,1H3,(H2,21,22,23,24). The molecule has 132 valence electrons. The Morgan fingerprint density at radius 1 is 1.00 bits per heavy atom. The Morgan fingerprint density at radius 2 is 1.85 bits per heavy atom. The monoisotopic (exact) mass is 349 g/mol. The van der Waals surface area contributed by atoms with Gasteiger partial charge in [0, 0.05) is 17.4 Å². The second kappa shape index (κ2) is 7.26. The number of ether oxygens (including phenoxy) is 2. The molecule has 0 spiro atoms. The first-order valence-electron chi connectivity index (χ1n) is 8.53. The second-order valence-corrected chi connectivity index (χ2v) is 5.78. The van der Waals surface area contributed by atoms with E-state index in [4.69, 9.17) is 9.47 Å². The van der Waals surface area contributed by atoms with E-state index in [1.807, 2.05) is 36.4 Å². The third kappa shape index (κ3) is 3.51. The zero-order valence-electron chi connectivity index (χ0n) is 14.4. The molecule has 1 aromatic heterocycles. The molecule has 0 atom stereocenters. The van der Waals surface area contributed by atoms with E-state index in [0.717, 1.165) is 29.3 Å². The van der Waals surface area contributed by atoms with E-state index in [-0.39, 0.29) is 0 Å². The van der Waals surface area contributed by atoms with Crippen LogP contribution in [0.15, 0.2) is 48.7 Å². The topological polar surface area (TPSA) is 81.2 Å². The van der Waals surface area contributed by atoms with Crippen molar-refractivity contribution >= 4 is 23.1 Å². The molecular formula is C19H19N5O2. The average molecular weight is 349 g/mol. The van der Waals surface area contributed by atoms with Crippen LogP contribution in [0.4, 0.5) is 23.1 Å². The number of benzene rings is 2. The highest BCUT2D eigenvalue weighted by atomic mass is 16.6. The number of aryl methyl sites for hydroxylation is 1. The molecule has 0 aliphatic carbocycles. The van der Waals surface area contributed by atoms with Gasteiger partial charge in [-0.2, -0.15) is 10.1 Å². The van der Waals surface area contributed by atoms with Crippen LogP contribution in [0.3, 0.4) is 0 Å². The second-order valence-electron chi connectivity index (χ2n) is 5.78. The fraction of sp³-hybridized carbons (Fsp3) is 0.211. The summed E-state index contributed by atoms with van der Waals surface area (Å²) in [5, 5.41) is 14.5. The van der Waals surface area contributed by atoms with Crippen LogP contribution in [0.5, 0.6) is 11.5 Å². The van der Waals surface area contributed by atoms with Crippen molar-refractivity contribution in [2.75, 3.05) is 23.8 Å². The Balaban J connectivity index is 1.52. The summed E-state index contributed by atoms with van der Waals surface area (Å²) >= 11 is 0. The summed E-state index contributed by atoms with van der Waals surface area (Å²) in [7, 11) is 0. The number of nitrogens with one attached hydrogen (secondary N) is 2. The van der Waals surface area contributed by atoms with E-state index in [2.05, 4.69) is 38.8 Å². The molecule has 7 heteroatoms. The highest BCUT2D eigenvalue weighted by Gasteiger charge is 2.12. The van der Waals surface area contributed by atoms with Gasteiger partial charge in [-0.15, -0.1) is 5.10 Å². The van der Waals surface area contributed by atoms with Crippen molar-refractivity contribution in [2.45, 2.75) is 13.3 Å². The van der Waals surface area contributed by atoms with Gasteiger partial charge in [-0.05, 0) is 30.2 Å². The van der Waals surface area contributed by atoms with Crippen molar-refractivity contribution in [3.63, 3.8) is 0 Å². The van der Waals surface area contributed by atoms with E-state index in [1.54, 1.807) is 6.20 Å². The molecular weight excluding hydrogens is 330 g/mol. The molecule has 0 fully saturated rings. The summed E-state index contributed by atoms with van der Waals surface area (Å²) in [6.45, 7) is 3.24. The van der Waals surface area contributed by atoms with E-state index in [9.17, 15) is 0 Å². The van der Waals surface area contributed by atoms with Gasteiger partial charge < -0.3 is 20.1 Å². The molecule has 0 saturated heterocycles. The Kier molecular flexibility index (Phi) is 4.51. The fourth-order valence-electron chi connectivity index (χ4n) is 2.76. The summed E-state index contributed by atoms with van der Waals surface area (Å²) in [6, 6.07) is 13.7. The number of hydrogen-bond donors (Lipinski definition) is 2. The number of fused-ring (bicyclic) bond motifs is 1. The van der Waals surface area contributed by atoms with Crippen molar-refractivity contribution < 1.29 is 9.47 Å². The lowest BCUT2D eigenvalue weighted by atomic mass is 10.1. The van der Waals surface area contributed by atoms with Gasteiger partial charge in [0.15, 0.2) is 17.3 Å². The zero-order valence-corrected chi connectivity index (χ0v) is 14.4. The summed E-state index contributed by atoms with van der Waals surface area (Å²) in [4.78, 5) is 4.48. The molecule has 0 radical (unpaired) electrons. The molecule has 1 aliphatic heterocycles. The lowest BCUT2D eigenvalue weighted by molar-refractivity contribution is 0.171. The van der Waals surface area contributed by atoms with Gasteiger partial charge in [-0.3, -0.25) is 0 Å². The lowest BCUT2D eigenvalue weighted by Gasteiger charge is -2.19. The van der Waals surface area contributed by atoms with Gasteiger partial charge >= 0.3 is 0 Å². The highest BCUT2D eigenvalue weighted by Crippen LogP contribution is 2.33. The van der Waals surface area contributed by atoms with E-state index < -0.39 is 0 Å². The normalized spacial score (nSPS) is 12.5. The van der Waals surface area contributed by atoms with Gasteiger partial charge in [0.25, 0.3) is 0 Å². The molecule has 0 amide bonds. The smallest absolute Gasteiger partial charge is 0.249 e. The average Bonchev–Trinajstić information content (AvgIpc) is 2.69. The van der Waals surface area contributed by atoms with Gasteiger partial charge in [0.2, 0.25) is 5.95 Å². The lowest BCUT2D eigenvalue weighted by Crippen LogP contribution is -2.15. The third-order valence-electron chi connectivity index (χ3n) is 4.02. The number of nitrogens with zero attached hydrogens (tertiary/aromatic N) is 3. The largest absolute Gasteiger partial charge is 0.486 e. The third-order valence-corrected chi connectivity index (χ3v) is 4.02. The zero-order chi connectivity index (χ0) is 17.8. The van der Waals surface area contributed by atoms with Crippen LogP contribution in [0.25, 0.3) is 0 Å². The molecule has 0 bridgehead atoms. The van der Waals surface area contributed by atoms with Crippen LogP contribution in [0.2, 0.25) is 0 Å². The number of para-hydroxylation sites is 1. The SMILES string of the molecule is CCc1ccccc1Nc1nncc(Nc2ccc3c(c2)OCCO3)n1. The molecule has 0 unspecified atom stereocenters. The summed E-state index contributed by atoms with van der Waals surface area (Å²) < 4.78 is 11.1. The van der Waals surface area contributed by atoms with Crippen LogP contribution in [0, 0.1) is 0 Å². The molecule has 1 aliphatic rings. The first-order valence-corrected chi connectivity index (χ1v) is 8.53. The first-order chi connectivity index (χ1) is 12.8. The number of rotatable bonds is 5. The molecule has 26 heavy (non-hydrogen) atoms. The number of hydrogen-bond acceptors (Lipinski definition) is 7. The van der Waals surface area contributed by atoms with E-state index >= 15 is 0 Å². The van der Waals surface area contributed by atoms with E-state index in [1.165, 1.54) is 5.56 Å². The number of anilines is 4. The molecule has 4 rings (SSSR count). The van der Waals surface area contributed by atoms with Crippen molar-refractivity contribution in [3.05, 3.63) is 54.2 Å². The molecule has 0 saturated carbocycles. The maximum atomic E-state index is 5.60. The Bertz CT molecular complexity index is 916. The Labute approximate surface area is 151 Å². The van der Waals surface area contributed by atoms with Gasteiger partial charge in [-0.1, -0.05) is 25.1 Å². The Hall–Kier alpha value is -3.35. The Morgan fingerprint density at radius 3 is 2.73 bits per heavy atom. The van der Waals surface area contributed by atoms with E-state index in [0.29, 0.717) is 25.0 Å². The van der Waals surface area contributed by atoms with Crippen LogP contribution < -0.4 is 20.1 Å². The maximum absolute atomic E-state index is 5.60. The minimum atomic E-state index is 0.438. The van der Waals surface area contributed by atoms with Crippen molar-refractivity contribution in [3.8, 4) is 11.5 Å². The van der Waals surface area contributed by atoms with Crippen LogP contribution in [-0.2, 0) is 6.42 Å². The minimum absolute atomic E-state index is 0.438. The minimum Gasteiger partial charge on any atom is -0.486 e. The predicted molar refractivity (Wildman–Crippen MR) is 99.6 cm³/mol. The highest BCUT2D eigenvalue weighted by molar-refractivity contribution is 5.63. The quantitative estimate of drug-likeness (QED) is 0.727. The van der Waals surface area contributed by atoms with Crippen LogP contribution in [0.1, 0.15) is 12.5 Å². The van der Waals surface area contributed by atoms with Crippen LogP contribution in [-0.4, -0.2) is 28.4 Å². The van der Waals surface area contributed by atoms with Crippen molar-refractivity contribution in [1.82, 2.24) is 15.2 Å². The van der Waals surface area contributed by atoms with Crippen LogP contribution >= 0.6 is 0 Å². The molecule has 7 nitrogen and oxygen atoms in total. The van der Waals surface area contributed by atoms with Gasteiger partial charge in [0.05, 0.1) is 6.20 Å². The van der Waals surface area contributed by atoms with Crippen molar-refractivity contribution in [2.24, 2.45) is 0 Å². The van der Waals surface area contributed by atoms with Gasteiger partial charge in [-0.25, -0.2) is 0 Å². The summed E-state index contributed by atoms with van der Waals surface area (Å²) in [5.41, 5.74) is 3.02. The molecule has 2 aromatic carbocycles.